The van der Waals surface area contributed by atoms with Gasteiger partial charge >= 0.3 is 6.03 Å². The number of urea groups is 1. The third kappa shape index (κ3) is 9.37. The number of nitrogens with zero attached hydrogens (tertiary/aromatic N) is 4. The fraction of sp³-hybridized carbons (Fsp3) is 0.575. The number of likely N-dealkylation sites (tertiary alicyclic amines) is 1. The fourth-order valence-corrected chi connectivity index (χ4v) is 7.04. The van der Waals surface area contributed by atoms with Crippen molar-refractivity contribution >= 4 is 41.7 Å². The minimum Gasteiger partial charge on any atom is -0.488 e. The molecular formula is C40H54N8O6. The SMILES string of the molecule is C=C1C=c2nc(-n3cccn3)cc(O[C@@H]3C[C@@H](C(=O)N[C@@H](CC4CCC4)C(=O)C(=O)NC4CC4)N(C(=O)[C@@H](NC(=O)NC(C)(C)C)C(C)(C)C)C3)c2=CC1. The predicted molar refractivity (Wildman–Crippen MR) is 203 cm³/mol. The Balaban J connectivity index is 1.31. The van der Waals surface area contributed by atoms with Crippen LogP contribution in [0.15, 0.2) is 36.7 Å². The van der Waals surface area contributed by atoms with Crippen molar-refractivity contribution in [3.8, 4) is 11.6 Å². The summed E-state index contributed by atoms with van der Waals surface area (Å²) in [6, 6.07) is -0.0535. The zero-order valence-corrected chi connectivity index (χ0v) is 32.2. The molecule has 3 aliphatic carbocycles. The summed E-state index contributed by atoms with van der Waals surface area (Å²) in [6.07, 6.45) is 12.2. The molecule has 3 heterocycles. The molecule has 6 rings (SSSR count). The maximum atomic E-state index is 14.6. The van der Waals surface area contributed by atoms with Crippen molar-refractivity contribution < 1.29 is 28.7 Å². The minimum atomic E-state index is -1.05. The van der Waals surface area contributed by atoms with E-state index in [1.54, 1.807) is 29.2 Å². The van der Waals surface area contributed by atoms with Gasteiger partial charge in [0.2, 0.25) is 17.6 Å². The Labute approximate surface area is 316 Å². The highest BCUT2D eigenvalue weighted by Crippen LogP contribution is 2.32. The smallest absolute Gasteiger partial charge is 0.315 e. The highest BCUT2D eigenvalue weighted by Gasteiger charge is 2.47. The van der Waals surface area contributed by atoms with Crippen LogP contribution in [0.4, 0.5) is 4.79 Å². The van der Waals surface area contributed by atoms with Gasteiger partial charge in [-0.15, -0.1) is 0 Å². The van der Waals surface area contributed by atoms with E-state index < -0.39 is 64.7 Å². The summed E-state index contributed by atoms with van der Waals surface area (Å²) in [4.78, 5) is 74.9. The number of hydrogen-bond donors (Lipinski definition) is 4. The molecule has 54 heavy (non-hydrogen) atoms. The van der Waals surface area contributed by atoms with E-state index in [1.165, 1.54) is 4.90 Å². The lowest BCUT2D eigenvalue weighted by atomic mass is 9.80. The molecule has 5 amide bonds. The molecule has 0 bridgehead atoms. The molecule has 0 spiro atoms. The summed E-state index contributed by atoms with van der Waals surface area (Å²) < 4.78 is 8.31. The van der Waals surface area contributed by atoms with Gasteiger partial charge in [-0.25, -0.2) is 14.5 Å². The summed E-state index contributed by atoms with van der Waals surface area (Å²) in [6.45, 7) is 15.2. The molecule has 2 saturated carbocycles. The van der Waals surface area contributed by atoms with Crippen molar-refractivity contribution in [3.63, 3.8) is 0 Å². The van der Waals surface area contributed by atoms with Gasteiger partial charge in [-0.3, -0.25) is 19.2 Å². The molecule has 4 aliphatic rings. The van der Waals surface area contributed by atoms with Crippen molar-refractivity contribution in [1.29, 1.82) is 0 Å². The monoisotopic (exact) mass is 742 g/mol. The van der Waals surface area contributed by atoms with Crippen LogP contribution in [-0.4, -0.2) is 91.6 Å². The van der Waals surface area contributed by atoms with Gasteiger partial charge in [0.15, 0.2) is 5.82 Å². The van der Waals surface area contributed by atoms with Gasteiger partial charge in [-0.1, -0.05) is 52.7 Å². The second-order valence-electron chi connectivity index (χ2n) is 17.3. The standard InChI is InChI=1S/C40H54N8O6/c1-23-12-15-27-28(18-23)43-32(48-17-9-16-41-48)21-31(27)54-26-20-30(47(22-26)37(52)34(39(2,3)4)45-38(53)46-40(5,6)7)35(50)44-29(19-24-10-8-11-24)33(49)36(51)42-25-13-14-25/h9,15-18,21,24-26,29-30,34H,1,8,10-14,19-20,22H2,2-7H3,(H,42,51)(H,44,50)(H2,45,46,53)/t26-,29+,30+,34-/m1/s1. The molecule has 1 aliphatic heterocycles. The molecular weight excluding hydrogens is 688 g/mol. The predicted octanol–water partition coefficient (Wildman–Crippen LogP) is 2.17. The van der Waals surface area contributed by atoms with Crippen LogP contribution in [0.1, 0.15) is 92.9 Å². The average Bonchev–Trinajstić information content (AvgIpc) is 3.51. The van der Waals surface area contributed by atoms with Crippen LogP contribution in [0.25, 0.3) is 18.0 Å². The topological polar surface area (TPSA) is 177 Å². The van der Waals surface area contributed by atoms with E-state index >= 15 is 0 Å². The van der Waals surface area contributed by atoms with Gasteiger partial charge in [0.25, 0.3) is 5.91 Å². The molecule has 4 atom stereocenters. The number of aromatic nitrogens is 3. The molecule has 0 radical (unpaired) electrons. The second kappa shape index (κ2) is 15.4. The van der Waals surface area contributed by atoms with Crippen LogP contribution in [0, 0.1) is 11.3 Å². The molecule has 1 saturated heterocycles. The van der Waals surface area contributed by atoms with Crippen LogP contribution in [0.3, 0.4) is 0 Å². The number of carbonyl (C=O) groups is 5. The van der Waals surface area contributed by atoms with Crippen LogP contribution >= 0.6 is 0 Å². The van der Waals surface area contributed by atoms with E-state index in [9.17, 15) is 24.0 Å². The normalized spacial score (nSPS) is 21.0. The van der Waals surface area contributed by atoms with E-state index in [-0.39, 0.29) is 24.9 Å². The van der Waals surface area contributed by atoms with Gasteiger partial charge in [0.05, 0.1) is 17.9 Å². The van der Waals surface area contributed by atoms with Crippen molar-refractivity contribution in [2.24, 2.45) is 11.3 Å². The Kier molecular flexibility index (Phi) is 11.0. The molecule has 0 unspecified atom stereocenters. The molecule has 290 valence electrons. The van der Waals surface area contributed by atoms with Gasteiger partial charge in [-0.2, -0.15) is 5.10 Å². The number of allylic oxidation sites excluding steroid dienone is 1. The van der Waals surface area contributed by atoms with Crippen LogP contribution in [0.5, 0.6) is 5.75 Å². The highest BCUT2D eigenvalue weighted by atomic mass is 16.5. The van der Waals surface area contributed by atoms with E-state index in [2.05, 4.69) is 32.9 Å². The number of fused-ring (bicyclic) bond motifs is 1. The zero-order chi connectivity index (χ0) is 38.9. The van der Waals surface area contributed by atoms with E-state index in [1.807, 2.05) is 53.7 Å². The average molecular weight is 743 g/mol. The third-order valence-electron chi connectivity index (χ3n) is 10.3. The number of Topliss-reactive ketones (excluding diaryl/α,β-unsaturated/α-hetero) is 1. The van der Waals surface area contributed by atoms with E-state index in [0.29, 0.717) is 29.8 Å². The summed E-state index contributed by atoms with van der Waals surface area (Å²) in [7, 11) is 0. The summed E-state index contributed by atoms with van der Waals surface area (Å²) in [5.41, 5.74) is -0.412. The first-order valence-corrected chi connectivity index (χ1v) is 19.1. The van der Waals surface area contributed by atoms with Crippen molar-refractivity contribution in [1.82, 2.24) is 40.9 Å². The van der Waals surface area contributed by atoms with Gasteiger partial charge in [-0.05, 0) is 75.5 Å². The first-order valence-electron chi connectivity index (χ1n) is 19.1. The number of rotatable bonds is 12. The van der Waals surface area contributed by atoms with E-state index in [0.717, 1.165) is 42.9 Å². The minimum absolute atomic E-state index is 0.0136. The van der Waals surface area contributed by atoms with Gasteiger partial charge in [0, 0.05) is 41.7 Å². The Hall–Kier alpha value is -5.01. The lowest BCUT2D eigenvalue weighted by molar-refractivity contribution is -0.144. The highest BCUT2D eigenvalue weighted by molar-refractivity contribution is 6.38. The molecule has 14 heteroatoms. The van der Waals surface area contributed by atoms with E-state index in [4.69, 9.17) is 9.72 Å². The quantitative estimate of drug-likeness (QED) is 0.239. The lowest BCUT2D eigenvalue weighted by Gasteiger charge is -2.36. The maximum Gasteiger partial charge on any atom is 0.315 e. The number of nitrogens with one attached hydrogen (secondary N) is 4. The first-order chi connectivity index (χ1) is 25.4. The Morgan fingerprint density at radius 2 is 1.78 bits per heavy atom. The molecule has 2 aromatic heterocycles. The fourth-order valence-electron chi connectivity index (χ4n) is 7.04. The molecule has 0 aromatic carbocycles. The van der Waals surface area contributed by atoms with Gasteiger partial charge < -0.3 is 30.9 Å². The number of ketones is 1. The Morgan fingerprint density at radius 3 is 2.39 bits per heavy atom. The number of pyridine rings is 1. The number of hydrogen-bond acceptors (Lipinski definition) is 8. The summed E-state index contributed by atoms with van der Waals surface area (Å²) in [5.74, 6) is -1.14. The Morgan fingerprint density at radius 1 is 1.04 bits per heavy atom. The third-order valence-corrected chi connectivity index (χ3v) is 10.3. The zero-order valence-electron chi connectivity index (χ0n) is 32.2. The van der Waals surface area contributed by atoms with Crippen LogP contribution < -0.4 is 36.6 Å². The molecule has 14 nitrogen and oxygen atoms in total. The number of ether oxygens (including phenoxy) is 1. The maximum absolute atomic E-state index is 14.6. The summed E-state index contributed by atoms with van der Waals surface area (Å²) in [5, 5.41) is 17.2. The van der Waals surface area contributed by atoms with Crippen molar-refractivity contribution in [2.45, 2.75) is 129 Å². The molecule has 3 fully saturated rings. The largest absolute Gasteiger partial charge is 0.488 e. The lowest BCUT2D eigenvalue weighted by Crippen LogP contribution is -2.61. The molecule has 2 aromatic rings. The number of amides is 5. The van der Waals surface area contributed by atoms with Gasteiger partial charge in [0.1, 0.15) is 23.9 Å². The second-order valence-corrected chi connectivity index (χ2v) is 17.3. The van der Waals surface area contributed by atoms with Crippen LogP contribution in [-0.2, 0) is 19.2 Å². The number of carbonyl (C=O) groups excluding carboxylic acids is 5. The van der Waals surface area contributed by atoms with Crippen molar-refractivity contribution in [2.75, 3.05) is 6.54 Å². The molecule has 4 N–H and O–H groups in total. The van der Waals surface area contributed by atoms with Crippen molar-refractivity contribution in [3.05, 3.63) is 47.2 Å². The Bertz CT molecular complexity index is 1920. The first kappa shape index (κ1) is 38.7. The summed E-state index contributed by atoms with van der Waals surface area (Å²) >= 11 is 0. The van der Waals surface area contributed by atoms with Crippen LogP contribution in [0.2, 0.25) is 0 Å².